The maximum atomic E-state index is 11.2. The number of hydrogen-bond donors (Lipinski definition) is 2. The number of amides is 1. The molecular formula is C22H16N4O2. The molecule has 2 heterocycles. The number of hydrogen-bond acceptors (Lipinski definition) is 4. The van der Waals surface area contributed by atoms with Gasteiger partial charge in [0.25, 0.3) is 0 Å². The molecule has 1 amide bonds. The Morgan fingerprint density at radius 2 is 1.96 bits per heavy atom. The number of nitriles is 1. The number of nitrogens with two attached hydrogens (primary N) is 1. The Morgan fingerprint density at radius 3 is 2.68 bits per heavy atom. The monoisotopic (exact) mass is 368 g/mol. The standard InChI is InChI=1S/C22H16N4O2/c1-13-2-8-18-19(10-13)26-22(25-18)16(12-23)11-17-7-9-20(28-17)14-3-5-15(6-4-14)21(24)27/h2-11H,1H3,(H2,24,27)(H,25,26)/b16-11+. The minimum absolute atomic E-state index is 0.374. The van der Waals surface area contributed by atoms with Crippen LogP contribution in [-0.2, 0) is 0 Å². The highest BCUT2D eigenvalue weighted by Crippen LogP contribution is 2.26. The lowest BCUT2D eigenvalue weighted by atomic mass is 10.1. The molecule has 0 aliphatic carbocycles. The first-order valence-electron chi connectivity index (χ1n) is 8.62. The van der Waals surface area contributed by atoms with E-state index in [0.717, 1.165) is 22.2 Å². The molecule has 0 bridgehead atoms. The maximum absolute atomic E-state index is 11.2. The summed E-state index contributed by atoms with van der Waals surface area (Å²) in [6, 6.07) is 18.5. The minimum Gasteiger partial charge on any atom is -0.457 e. The van der Waals surface area contributed by atoms with Gasteiger partial charge in [-0.15, -0.1) is 0 Å². The topological polar surface area (TPSA) is 109 Å². The van der Waals surface area contributed by atoms with E-state index in [4.69, 9.17) is 10.2 Å². The average Bonchev–Trinajstić information content (AvgIpc) is 3.32. The van der Waals surface area contributed by atoms with Gasteiger partial charge in [-0.05, 0) is 48.9 Å². The number of aryl methyl sites for hydroxylation is 1. The minimum atomic E-state index is -0.477. The first-order chi connectivity index (χ1) is 13.5. The van der Waals surface area contributed by atoms with Crippen molar-refractivity contribution in [2.75, 3.05) is 0 Å². The van der Waals surface area contributed by atoms with Crippen molar-refractivity contribution in [3.8, 4) is 17.4 Å². The summed E-state index contributed by atoms with van der Waals surface area (Å²) < 4.78 is 5.83. The third kappa shape index (κ3) is 3.29. The summed E-state index contributed by atoms with van der Waals surface area (Å²) >= 11 is 0. The van der Waals surface area contributed by atoms with E-state index in [0.29, 0.717) is 28.5 Å². The molecule has 136 valence electrons. The summed E-state index contributed by atoms with van der Waals surface area (Å²) in [6.07, 6.45) is 1.64. The van der Waals surface area contributed by atoms with Crippen molar-refractivity contribution in [2.24, 2.45) is 5.73 Å². The van der Waals surface area contributed by atoms with Gasteiger partial charge in [-0.2, -0.15) is 5.26 Å². The number of aromatic nitrogens is 2. The number of H-pyrrole nitrogens is 1. The molecule has 0 saturated heterocycles. The number of furan rings is 1. The summed E-state index contributed by atoms with van der Waals surface area (Å²) in [6.45, 7) is 2.00. The highest BCUT2D eigenvalue weighted by molar-refractivity contribution is 5.93. The van der Waals surface area contributed by atoms with Crippen molar-refractivity contribution < 1.29 is 9.21 Å². The van der Waals surface area contributed by atoms with Gasteiger partial charge in [-0.1, -0.05) is 18.2 Å². The molecule has 2 aromatic carbocycles. The Balaban J connectivity index is 1.65. The summed E-state index contributed by atoms with van der Waals surface area (Å²) in [5.41, 5.74) is 9.67. The van der Waals surface area contributed by atoms with Crippen LogP contribution in [0.25, 0.3) is 34.0 Å². The number of nitrogens with zero attached hydrogens (tertiary/aromatic N) is 2. The molecule has 0 atom stereocenters. The number of allylic oxidation sites excluding steroid dienone is 1. The number of primary amides is 1. The zero-order valence-corrected chi connectivity index (χ0v) is 15.1. The lowest BCUT2D eigenvalue weighted by Gasteiger charge is -1.99. The Labute approximate surface area is 160 Å². The Morgan fingerprint density at radius 1 is 1.18 bits per heavy atom. The molecule has 0 radical (unpaired) electrons. The fourth-order valence-electron chi connectivity index (χ4n) is 2.93. The fraction of sp³-hybridized carbons (Fsp3) is 0.0455. The predicted molar refractivity (Wildman–Crippen MR) is 107 cm³/mol. The van der Waals surface area contributed by atoms with Crippen molar-refractivity contribution in [3.63, 3.8) is 0 Å². The summed E-state index contributed by atoms with van der Waals surface area (Å²) in [7, 11) is 0. The van der Waals surface area contributed by atoms with Gasteiger partial charge in [-0.25, -0.2) is 4.98 Å². The molecule has 0 unspecified atom stereocenters. The molecule has 0 fully saturated rings. The van der Waals surface area contributed by atoms with Gasteiger partial charge in [0, 0.05) is 17.2 Å². The number of fused-ring (bicyclic) bond motifs is 1. The molecule has 0 aliphatic heterocycles. The number of aromatic amines is 1. The third-order valence-electron chi connectivity index (χ3n) is 4.38. The van der Waals surface area contributed by atoms with E-state index in [1.807, 2.05) is 31.2 Å². The van der Waals surface area contributed by atoms with E-state index in [9.17, 15) is 10.1 Å². The second-order valence-electron chi connectivity index (χ2n) is 6.42. The lowest BCUT2D eigenvalue weighted by Crippen LogP contribution is -2.10. The summed E-state index contributed by atoms with van der Waals surface area (Å²) in [5, 5.41) is 9.56. The molecule has 6 heteroatoms. The van der Waals surface area contributed by atoms with Crippen molar-refractivity contribution in [1.29, 1.82) is 5.26 Å². The van der Waals surface area contributed by atoms with Gasteiger partial charge in [0.15, 0.2) is 0 Å². The van der Waals surface area contributed by atoms with Crippen molar-refractivity contribution >= 4 is 28.6 Å². The van der Waals surface area contributed by atoms with Crippen molar-refractivity contribution in [1.82, 2.24) is 9.97 Å². The highest BCUT2D eigenvalue weighted by atomic mass is 16.3. The van der Waals surface area contributed by atoms with Crippen LogP contribution in [0.1, 0.15) is 27.5 Å². The molecule has 28 heavy (non-hydrogen) atoms. The molecule has 2 aromatic heterocycles. The first kappa shape index (κ1) is 17.3. The third-order valence-corrected chi connectivity index (χ3v) is 4.38. The normalized spacial score (nSPS) is 11.5. The number of rotatable bonds is 4. The predicted octanol–water partition coefficient (Wildman–Crippen LogP) is 4.29. The Hall–Kier alpha value is -4.11. The van der Waals surface area contributed by atoms with E-state index >= 15 is 0 Å². The highest BCUT2D eigenvalue weighted by Gasteiger charge is 2.10. The van der Waals surface area contributed by atoms with Crippen LogP contribution in [0.2, 0.25) is 0 Å². The molecule has 4 rings (SSSR count). The van der Waals surface area contributed by atoms with E-state index in [2.05, 4.69) is 16.0 Å². The first-order valence-corrected chi connectivity index (χ1v) is 8.62. The molecular weight excluding hydrogens is 352 g/mol. The molecule has 4 aromatic rings. The number of nitrogens with one attached hydrogen (secondary N) is 1. The van der Waals surface area contributed by atoms with Gasteiger partial charge in [-0.3, -0.25) is 4.79 Å². The van der Waals surface area contributed by atoms with E-state index in [-0.39, 0.29) is 0 Å². The Kier molecular flexibility index (Phi) is 4.26. The zero-order chi connectivity index (χ0) is 19.7. The maximum Gasteiger partial charge on any atom is 0.248 e. The van der Waals surface area contributed by atoms with E-state index in [1.165, 1.54) is 0 Å². The van der Waals surface area contributed by atoms with Gasteiger partial charge in [0.05, 0.1) is 16.6 Å². The number of imidazole rings is 1. The van der Waals surface area contributed by atoms with Crippen molar-refractivity contribution in [3.05, 3.63) is 77.3 Å². The van der Waals surface area contributed by atoms with Crippen LogP contribution in [0.5, 0.6) is 0 Å². The number of benzene rings is 2. The molecule has 0 spiro atoms. The molecule has 3 N–H and O–H groups in total. The van der Waals surface area contributed by atoms with E-state index < -0.39 is 5.91 Å². The zero-order valence-electron chi connectivity index (χ0n) is 15.1. The van der Waals surface area contributed by atoms with Crippen LogP contribution in [-0.4, -0.2) is 15.9 Å². The second kappa shape index (κ2) is 6.89. The van der Waals surface area contributed by atoms with Crippen molar-refractivity contribution in [2.45, 2.75) is 6.92 Å². The second-order valence-corrected chi connectivity index (χ2v) is 6.42. The number of carbonyl (C=O) groups is 1. The van der Waals surface area contributed by atoms with Gasteiger partial charge >= 0.3 is 0 Å². The van der Waals surface area contributed by atoms with Gasteiger partial charge < -0.3 is 15.1 Å². The van der Waals surface area contributed by atoms with Crippen LogP contribution in [0.3, 0.4) is 0 Å². The van der Waals surface area contributed by atoms with Gasteiger partial charge in [0.1, 0.15) is 23.4 Å². The van der Waals surface area contributed by atoms with E-state index in [1.54, 1.807) is 36.4 Å². The quantitative estimate of drug-likeness (QED) is 0.524. The largest absolute Gasteiger partial charge is 0.457 e. The lowest BCUT2D eigenvalue weighted by molar-refractivity contribution is 0.100. The molecule has 0 saturated carbocycles. The number of carbonyl (C=O) groups excluding carboxylic acids is 1. The fourth-order valence-corrected chi connectivity index (χ4v) is 2.93. The summed E-state index contributed by atoms with van der Waals surface area (Å²) in [4.78, 5) is 18.8. The van der Waals surface area contributed by atoms with Crippen LogP contribution in [0, 0.1) is 18.3 Å². The van der Waals surface area contributed by atoms with Crippen LogP contribution < -0.4 is 5.73 Å². The SMILES string of the molecule is Cc1ccc2nc(/C(C#N)=C/c3ccc(-c4ccc(C(N)=O)cc4)o3)[nH]c2c1. The average molecular weight is 368 g/mol. The Bertz CT molecular complexity index is 1250. The van der Waals surface area contributed by atoms with Crippen LogP contribution >= 0.6 is 0 Å². The molecule has 6 nitrogen and oxygen atoms in total. The van der Waals surface area contributed by atoms with Gasteiger partial charge in [0.2, 0.25) is 5.91 Å². The summed E-state index contributed by atoms with van der Waals surface area (Å²) in [5.74, 6) is 1.17. The van der Waals surface area contributed by atoms with Crippen LogP contribution in [0.15, 0.2) is 59.0 Å². The molecule has 0 aliphatic rings. The van der Waals surface area contributed by atoms with Crippen LogP contribution in [0.4, 0.5) is 0 Å². The smallest absolute Gasteiger partial charge is 0.248 e.